The third kappa shape index (κ3) is 6.47. The highest BCUT2D eigenvalue weighted by atomic mass is 16.5. The third-order valence-corrected chi connectivity index (χ3v) is 13.2. The number of carbonyl (C=O) groups is 4. The molecule has 1 aromatic rings. The van der Waals surface area contributed by atoms with Gasteiger partial charge in [-0.25, -0.2) is 0 Å². The van der Waals surface area contributed by atoms with E-state index in [0.717, 1.165) is 37.7 Å². The zero-order chi connectivity index (χ0) is 35.2. The molecule has 0 unspecified atom stereocenters. The largest absolute Gasteiger partial charge is 0.458 e. The van der Waals surface area contributed by atoms with Gasteiger partial charge in [0.05, 0.1) is 18.1 Å². The predicted octanol–water partition coefficient (Wildman–Crippen LogP) is 4.92. The number of Topliss-reactive ketones (excluding diaryl/α,β-unsaturated/α-hetero) is 1. The van der Waals surface area contributed by atoms with Gasteiger partial charge in [-0.3, -0.25) is 19.2 Å². The fourth-order valence-electron chi connectivity index (χ4n) is 10.7. The first-order valence-corrected chi connectivity index (χ1v) is 18.1. The van der Waals surface area contributed by atoms with Gasteiger partial charge in [-0.05, 0) is 94.8 Å². The van der Waals surface area contributed by atoms with Crippen LogP contribution in [0.15, 0.2) is 54.1 Å². The van der Waals surface area contributed by atoms with Crippen molar-refractivity contribution in [3.05, 3.63) is 59.7 Å². The van der Waals surface area contributed by atoms with Gasteiger partial charge in [0.2, 0.25) is 11.7 Å². The molecule has 9 nitrogen and oxygen atoms in total. The molecule has 3 saturated carbocycles. The Morgan fingerprint density at radius 1 is 1.04 bits per heavy atom. The number of ketones is 2. The van der Waals surface area contributed by atoms with Crippen LogP contribution in [0.2, 0.25) is 0 Å². The molecule has 0 spiro atoms. The Labute approximate surface area is 289 Å². The molecule has 8 atom stereocenters. The summed E-state index contributed by atoms with van der Waals surface area (Å²) in [5, 5.41) is 26.5. The van der Waals surface area contributed by atoms with Crippen LogP contribution < -0.4 is 5.32 Å². The first-order valence-electron chi connectivity index (χ1n) is 18.1. The van der Waals surface area contributed by atoms with E-state index in [9.17, 15) is 29.4 Å². The van der Waals surface area contributed by atoms with Crippen LogP contribution in [0.1, 0.15) is 97.5 Å². The topological polar surface area (TPSA) is 139 Å². The van der Waals surface area contributed by atoms with Crippen LogP contribution in [0.25, 0.3) is 0 Å². The zero-order valence-electron chi connectivity index (χ0n) is 29.5. The molecule has 0 radical (unpaired) electrons. The van der Waals surface area contributed by atoms with Gasteiger partial charge >= 0.3 is 5.97 Å². The molecule has 3 N–H and O–H groups in total. The summed E-state index contributed by atoms with van der Waals surface area (Å²) in [4.78, 5) is 51.1. The van der Waals surface area contributed by atoms with Gasteiger partial charge in [0.15, 0.2) is 12.4 Å². The number of benzene rings is 1. The normalized spacial score (nSPS) is 37.7. The van der Waals surface area contributed by atoms with E-state index in [-0.39, 0.29) is 66.1 Å². The Bertz CT molecular complexity index is 1530. The summed E-state index contributed by atoms with van der Waals surface area (Å²) < 4.78 is 11.3. The van der Waals surface area contributed by atoms with Gasteiger partial charge < -0.3 is 25.0 Å². The zero-order valence-corrected chi connectivity index (χ0v) is 29.5. The second-order valence-electron chi connectivity index (χ2n) is 16.5. The van der Waals surface area contributed by atoms with Gasteiger partial charge in [0, 0.05) is 41.7 Å². The second-order valence-corrected chi connectivity index (χ2v) is 16.5. The van der Waals surface area contributed by atoms with Gasteiger partial charge in [-0.15, -0.1) is 0 Å². The van der Waals surface area contributed by atoms with E-state index in [0.29, 0.717) is 19.6 Å². The molecule has 0 bridgehead atoms. The molecule has 1 aromatic carbocycles. The van der Waals surface area contributed by atoms with Crippen LogP contribution >= 0.6 is 0 Å². The molecule has 6 rings (SSSR count). The van der Waals surface area contributed by atoms with Crippen molar-refractivity contribution in [3.63, 3.8) is 0 Å². The molecule has 1 amide bonds. The van der Waals surface area contributed by atoms with Crippen molar-refractivity contribution >= 4 is 23.4 Å². The number of aliphatic hydroxyl groups is 2. The second kappa shape index (κ2) is 13.2. The number of rotatable bonds is 10. The number of ether oxygens (including phenoxy) is 2. The monoisotopic (exact) mass is 675 g/mol. The smallest absolute Gasteiger partial charge is 0.306 e. The lowest BCUT2D eigenvalue weighted by Crippen LogP contribution is -2.61. The highest BCUT2D eigenvalue weighted by Gasteiger charge is 2.68. The van der Waals surface area contributed by atoms with E-state index in [2.05, 4.69) is 38.2 Å². The first-order chi connectivity index (χ1) is 23.1. The SMILES string of the molecule is CC1(C)C[C@](CCNC(=O)CCC(=O)OCC(=O)[C@@]2(O)CC[C@@H]3[C@@H]4CCC5=CC(=O)C=C[C@]5(C)[C@H]4[C@@H](O)C[C@@]32C)(c2ccccc2)CCO1. The number of nitrogens with one attached hydrogen (secondary N) is 1. The lowest BCUT2D eigenvalue weighted by molar-refractivity contribution is -0.181. The Kier molecular flexibility index (Phi) is 9.61. The number of allylic oxidation sites excluding steroid dienone is 4. The predicted molar refractivity (Wildman–Crippen MR) is 183 cm³/mol. The lowest BCUT2D eigenvalue weighted by atomic mass is 9.46. The van der Waals surface area contributed by atoms with Crippen LogP contribution in [0.4, 0.5) is 0 Å². The van der Waals surface area contributed by atoms with Gasteiger partial charge in [-0.1, -0.05) is 55.8 Å². The molecule has 1 heterocycles. The fraction of sp³-hybridized carbons (Fsp3) is 0.650. The summed E-state index contributed by atoms with van der Waals surface area (Å²) in [6.07, 6.45) is 9.33. The minimum absolute atomic E-state index is 0.00638. The summed E-state index contributed by atoms with van der Waals surface area (Å²) in [5.41, 5.74) is -1.15. The van der Waals surface area contributed by atoms with Gasteiger partial charge in [0.25, 0.3) is 0 Å². The Morgan fingerprint density at radius 3 is 2.53 bits per heavy atom. The van der Waals surface area contributed by atoms with Crippen molar-refractivity contribution in [2.45, 2.75) is 115 Å². The van der Waals surface area contributed by atoms with Crippen LogP contribution in [0.3, 0.4) is 0 Å². The van der Waals surface area contributed by atoms with E-state index in [4.69, 9.17) is 9.47 Å². The number of hydrogen-bond acceptors (Lipinski definition) is 8. The highest BCUT2D eigenvalue weighted by Crippen LogP contribution is 2.67. The minimum atomic E-state index is -1.73. The van der Waals surface area contributed by atoms with Crippen LogP contribution in [0.5, 0.6) is 0 Å². The molecule has 1 saturated heterocycles. The summed E-state index contributed by atoms with van der Waals surface area (Å²) in [5.74, 6) is -1.53. The average Bonchev–Trinajstić information content (AvgIpc) is 3.33. The van der Waals surface area contributed by atoms with Crippen LogP contribution in [-0.2, 0) is 34.1 Å². The van der Waals surface area contributed by atoms with Crippen LogP contribution in [0, 0.1) is 28.6 Å². The molecule has 0 aromatic heterocycles. The summed E-state index contributed by atoms with van der Waals surface area (Å²) >= 11 is 0. The average molecular weight is 676 g/mol. The number of amides is 1. The highest BCUT2D eigenvalue weighted by molar-refractivity contribution is 6.01. The van der Waals surface area contributed by atoms with Crippen molar-refractivity contribution < 1.29 is 38.9 Å². The molecule has 4 aliphatic carbocycles. The Morgan fingerprint density at radius 2 is 1.80 bits per heavy atom. The third-order valence-electron chi connectivity index (χ3n) is 13.2. The first kappa shape index (κ1) is 35.7. The fourth-order valence-corrected chi connectivity index (χ4v) is 10.7. The molecular formula is C40H53NO8. The van der Waals surface area contributed by atoms with Crippen molar-refractivity contribution in [2.75, 3.05) is 19.8 Å². The minimum Gasteiger partial charge on any atom is -0.458 e. The summed E-state index contributed by atoms with van der Waals surface area (Å²) in [6.45, 7) is 8.71. The quantitative estimate of drug-likeness (QED) is 0.297. The number of fused-ring (bicyclic) bond motifs is 5. The van der Waals surface area contributed by atoms with Crippen LogP contribution in [-0.4, -0.2) is 70.7 Å². The number of esters is 1. The van der Waals surface area contributed by atoms with Gasteiger partial charge in [-0.2, -0.15) is 0 Å². The summed E-state index contributed by atoms with van der Waals surface area (Å²) in [6, 6.07) is 10.3. The van der Waals surface area contributed by atoms with E-state index < -0.39 is 40.9 Å². The van der Waals surface area contributed by atoms with E-state index >= 15 is 0 Å². The maximum absolute atomic E-state index is 13.6. The Hall–Kier alpha value is -3.14. The molecule has 49 heavy (non-hydrogen) atoms. The van der Waals surface area contributed by atoms with E-state index in [1.807, 2.05) is 31.2 Å². The molecule has 5 aliphatic rings. The van der Waals surface area contributed by atoms with Crippen molar-refractivity contribution in [2.24, 2.45) is 28.6 Å². The van der Waals surface area contributed by atoms with Crippen molar-refractivity contribution in [1.82, 2.24) is 5.32 Å². The maximum atomic E-state index is 13.6. The molecule has 1 aliphatic heterocycles. The maximum Gasteiger partial charge on any atom is 0.306 e. The van der Waals surface area contributed by atoms with Crippen molar-refractivity contribution in [3.8, 4) is 0 Å². The molecular weight excluding hydrogens is 622 g/mol. The standard InChI is InChI=1S/C40H53NO8/c1-36(2)25-39(19-21-49-36,26-8-6-5-7-9-26)18-20-41-33(45)12-13-34(46)48-24-32(44)40(47)17-15-30-29-11-10-27-22-28(42)14-16-37(27,3)35(29)31(43)23-38(30,40)4/h5-9,14,16,22,29-31,35,43,47H,10-13,15,17-21,23-25H2,1-4H3,(H,41,45)/t29-,30+,31-,35+,37-,38-,39+,40-/m0/s1. The number of aliphatic hydroxyl groups excluding tert-OH is 1. The lowest BCUT2D eigenvalue weighted by Gasteiger charge is -2.59. The molecule has 9 heteroatoms. The van der Waals surface area contributed by atoms with E-state index in [1.54, 1.807) is 12.2 Å². The Balaban J connectivity index is 1.00. The molecule has 4 fully saturated rings. The number of carbonyl (C=O) groups excluding carboxylic acids is 4. The number of hydrogen-bond donors (Lipinski definition) is 3. The summed E-state index contributed by atoms with van der Waals surface area (Å²) in [7, 11) is 0. The van der Waals surface area contributed by atoms with Gasteiger partial charge in [0.1, 0.15) is 5.60 Å². The van der Waals surface area contributed by atoms with E-state index in [1.165, 1.54) is 5.56 Å². The van der Waals surface area contributed by atoms with Crippen molar-refractivity contribution in [1.29, 1.82) is 0 Å². The molecule has 266 valence electrons.